The summed E-state index contributed by atoms with van der Waals surface area (Å²) in [5.41, 5.74) is 5.95. The van der Waals surface area contributed by atoms with Crippen LogP contribution in [0.5, 0.6) is 0 Å². The number of benzene rings is 1. The van der Waals surface area contributed by atoms with Gasteiger partial charge in [-0.2, -0.15) is 0 Å². The summed E-state index contributed by atoms with van der Waals surface area (Å²) in [6.07, 6.45) is 0. The van der Waals surface area contributed by atoms with Crippen molar-refractivity contribution < 1.29 is 8.42 Å². The van der Waals surface area contributed by atoms with E-state index in [1.165, 1.54) is 6.07 Å². The zero-order valence-electron chi connectivity index (χ0n) is 8.33. The molecule has 0 aliphatic carbocycles. The van der Waals surface area contributed by atoms with Gasteiger partial charge >= 0.3 is 0 Å². The fourth-order valence-electron chi connectivity index (χ4n) is 1.10. The largest absolute Gasteiger partial charge is 0.329 e. The average molecular weight is 249 g/mol. The summed E-state index contributed by atoms with van der Waals surface area (Å²) in [7, 11) is -3.54. The summed E-state index contributed by atoms with van der Waals surface area (Å²) >= 11 is 5.91. The maximum absolute atomic E-state index is 11.7. The lowest BCUT2D eigenvalue weighted by molar-refractivity contribution is 0.582. The fraction of sp³-hybridized carbons (Fsp3) is 0.333. The zero-order valence-corrected chi connectivity index (χ0v) is 9.90. The van der Waals surface area contributed by atoms with Crippen LogP contribution in [-0.2, 0) is 10.0 Å². The van der Waals surface area contributed by atoms with E-state index in [1.807, 2.05) is 0 Å². The third-order valence-corrected chi connectivity index (χ3v) is 4.00. The van der Waals surface area contributed by atoms with E-state index in [-0.39, 0.29) is 23.0 Å². The molecule has 0 saturated carbocycles. The predicted molar refractivity (Wildman–Crippen MR) is 60.4 cm³/mol. The van der Waals surface area contributed by atoms with E-state index in [9.17, 15) is 8.42 Å². The zero-order chi connectivity index (χ0) is 11.5. The topological polar surface area (TPSA) is 72.2 Å². The van der Waals surface area contributed by atoms with Gasteiger partial charge in [-0.1, -0.05) is 23.7 Å². The number of nitrogens with two attached hydrogens (primary N) is 1. The summed E-state index contributed by atoms with van der Waals surface area (Å²) in [5, 5.41) is 0.252. The Morgan fingerprint density at radius 3 is 2.73 bits per heavy atom. The summed E-state index contributed by atoms with van der Waals surface area (Å²) in [5.74, 6) is 0. The molecule has 3 N–H and O–H groups in total. The quantitative estimate of drug-likeness (QED) is 0.831. The molecule has 0 fully saturated rings. The molecule has 0 heterocycles. The van der Waals surface area contributed by atoms with E-state index in [4.69, 9.17) is 17.3 Å². The standard InChI is InChI=1S/C9H13ClN2O2S/c1-7-3-2-4-8(9(7)10)15(13,14)12-6-5-11/h2-4,12H,5-6,11H2,1H3. The van der Waals surface area contributed by atoms with Crippen molar-refractivity contribution in [2.45, 2.75) is 11.8 Å². The number of rotatable bonds is 4. The smallest absolute Gasteiger partial charge is 0.242 e. The second-order valence-corrected chi connectivity index (χ2v) is 5.19. The van der Waals surface area contributed by atoms with Gasteiger partial charge in [-0.25, -0.2) is 13.1 Å². The summed E-state index contributed by atoms with van der Waals surface area (Å²) in [6, 6.07) is 4.87. The van der Waals surface area contributed by atoms with Crippen molar-refractivity contribution in [3.05, 3.63) is 28.8 Å². The third-order valence-electron chi connectivity index (χ3n) is 1.88. The van der Waals surface area contributed by atoms with Crippen molar-refractivity contribution in [3.8, 4) is 0 Å². The van der Waals surface area contributed by atoms with Crippen LogP contribution >= 0.6 is 11.6 Å². The highest BCUT2D eigenvalue weighted by Crippen LogP contribution is 2.24. The molecule has 0 spiro atoms. The molecule has 84 valence electrons. The van der Waals surface area contributed by atoms with Gasteiger partial charge in [0.2, 0.25) is 10.0 Å². The van der Waals surface area contributed by atoms with Crippen LogP contribution in [0.25, 0.3) is 0 Å². The number of sulfonamides is 1. The van der Waals surface area contributed by atoms with E-state index in [1.54, 1.807) is 19.1 Å². The Labute approximate surface area is 94.5 Å². The van der Waals surface area contributed by atoms with Crippen LogP contribution < -0.4 is 10.5 Å². The van der Waals surface area contributed by atoms with Gasteiger partial charge in [0.05, 0.1) is 5.02 Å². The summed E-state index contributed by atoms with van der Waals surface area (Å²) < 4.78 is 25.8. The first-order valence-electron chi connectivity index (χ1n) is 4.44. The normalized spacial score (nSPS) is 11.7. The van der Waals surface area contributed by atoms with Gasteiger partial charge in [-0.3, -0.25) is 0 Å². The number of hydrogen-bond acceptors (Lipinski definition) is 3. The molecule has 0 bridgehead atoms. The summed E-state index contributed by atoms with van der Waals surface area (Å²) in [6.45, 7) is 2.21. The maximum atomic E-state index is 11.7. The molecule has 4 nitrogen and oxygen atoms in total. The highest BCUT2D eigenvalue weighted by Gasteiger charge is 2.17. The Bertz CT molecular complexity index is 445. The van der Waals surface area contributed by atoms with Crippen molar-refractivity contribution in [3.63, 3.8) is 0 Å². The molecule has 6 heteroatoms. The Morgan fingerprint density at radius 1 is 1.47 bits per heavy atom. The number of halogens is 1. The maximum Gasteiger partial charge on any atom is 0.242 e. The van der Waals surface area contributed by atoms with E-state index in [2.05, 4.69) is 4.72 Å². The fourth-order valence-corrected chi connectivity index (χ4v) is 2.73. The van der Waals surface area contributed by atoms with Gasteiger partial charge in [0, 0.05) is 13.1 Å². The molecular weight excluding hydrogens is 236 g/mol. The van der Waals surface area contributed by atoms with Gasteiger partial charge in [0.1, 0.15) is 4.90 Å². The first-order chi connectivity index (χ1) is 6.99. The van der Waals surface area contributed by atoms with Crippen molar-refractivity contribution >= 4 is 21.6 Å². The average Bonchev–Trinajstić information content (AvgIpc) is 2.19. The Hall–Kier alpha value is -0.620. The van der Waals surface area contributed by atoms with E-state index in [0.717, 1.165) is 5.56 Å². The predicted octanol–water partition coefficient (Wildman–Crippen LogP) is 0.885. The molecule has 0 atom stereocenters. The number of aryl methyl sites for hydroxylation is 1. The van der Waals surface area contributed by atoms with Crippen LogP contribution in [-0.4, -0.2) is 21.5 Å². The van der Waals surface area contributed by atoms with Gasteiger partial charge in [-0.05, 0) is 18.6 Å². The van der Waals surface area contributed by atoms with Crippen LogP contribution in [0.3, 0.4) is 0 Å². The third kappa shape index (κ3) is 2.92. The molecule has 0 radical (unpaired) electrons. The number of nitrogens with one attached hydrogen (secondary N) is 1. The second-order valence-electron chi connectivity index (χ2n) is 3.07. The lowest BCUT2D eigenvalue weighted by Crippen LogP contribution is -2.29. The molecule has 0 aliphatic rings. The SMILES string of the molecule is Cc1cccc(S(=O)(=O)NCCN)c1Cl. The minimum Gasteiger partial charge on any atom is -0.329 e. The lowest BCUT2D eigenvalue weighted by atomic mass is 10.2. The molecule has 15 heavy (non-hydrogen) atoms. The molecule has 0 amide bonds. The Balaban J connectivity index is 3.10. The highest BCUT2D eigenvalue weighted by molar-refractivity contribution is 7.89. The molecule has 1 aromatic carbocycles. The monoisotopic (exact) mass is 248 g/mol. The number of hydrogen-bond donors (Lipinski definition) is 2. The molecular formula is C9H13ClN2O2S. The lowest BCUT2D eigenvalue weighted by Gasteiger charge is -2.08. The van der Waals surface area contributed by atoms with Crippen molar-refractivity contribution in [2.24, 2.45) is 5.73 Å². The van der Waals surface area contributed by atoms with E-state index >= 15 is 0 Å². The van der Waals surface area contributed by atoms with Gasteiger partial charge in [0.15, 0.2) is 0 Å². The van der Waals surface area contributed by atoms with E-state index < -0.39 is 10.0 Å². The Kier molecular flexibility index (Phi) is 4.10. The first-order valence-corrected chi connectivity index (χ1v) is 6.30. The molecule has 0 aromatic heterocycles. The van der Waals surface area contributed by atoms with Gasteiger partial charge < -0.3 is 5.73 Å². The first kappa shape index (κ1) is 12.4. The van der Waals surface area contributed by atoms with Gasteiger partial charge in [0.25, 0.3) is 0 Å². The second kappa shape index (κ2) is 4.94. The van der Waals surface area contributed by atoms with Crippen LogP contribution in [0, 0.1) is 6.92 Å². The molecule has 0 saturated heterocycles. The van der Waals surface area contributed by atoms with Crippen molar-refractivity contribution in [1.29, 1.82) is 0 Å². The molecule has 1 rings (SSSR count). The summed E-state index contributed by atoms with van der Waals surface area (Å²) in [4.78, 5) is 0.0950. The van der Waals surface area contributed by atoms with E-state index in [0.29, 0.717) is 0 Å². The van der Waals surface area contributed by atoms with Crippen LogP contribution in [0.2, 0.25) is 5.02 Å². The Morgan fingerprint density at radius 2 is 2.13 bits per heavy atom. The minimum absolute atomic E-state index is 0.0950. The van der Waals surface area contributed by atoms with Crippen molar-refractivity contribution in [2.75, 3.05) is 13.1 Å². The van der Waals surface area contributed by atoms with Crippen LogP contribution in [0.4, 0.5) is 0 Å². The highest BCUT2D eigenvalue weighted by atomic mass is 35.5. The van der Waals surface area contributed by atoms with Crippen LogP contribution in [0.1, 0.15) is 5.56 Å². The van der Waals surface area contributed by atoms with Crippen molar-refractivity contribution in [1.82, 2.24) is 4.72 Å². The molecule has 0 aliphatic heterocycles. The van der Waals surface area contributed by atoms with Crippen LogP contribution in [0.15, 0.2) is 23.1 Å². The molecule has 1 aromatic rings. The van der Waals surface area contributed by atoms with Gasteiger partial charge in [-0.15, -0.1) is 0 Å². The molecule has 0 unspecified atom stereocenters. The minimum atomic E-state index is -3.54.